The zero-order chi connectivity index (χ0) is 24.0. The molecule has 3 rings (SSSR count). The number of esters is 1. The highest BCUT2D eigenvalue weighted by Gasteiger charge is 2.75. The van der Waals surface area contributed by atoms with E-state index < -0.39 is 47.1 Å². The van der Waals surface area contributed by atoms with E-state index in [1.54, 1.807) is 17.9 Å². The van der Waals surface area contributed by atoms with Crippen molar-refractivity contribution in [3.8, 4) is 0 Å². The van der Waals surface area contributed by atoms with E-state index in [1.165, 1.54) is 4.90 Å². The monoisotopic (exact) mass is 450 g/mol. The maximum absolute atomic E-state index is 14.1. The van der Waals surface area contributed by atoms with Crippen LogP contribution in [-0.4, -0.2) is 81.8 Å². The third-order valence-corrected chi connectivity index (χ3v) is 7.23. The number of hydrogen-bond acceptors (Lipinski definition) is 6. The second-order valence-electron chi connectivity index (χ2n) is 10.5. The second-order valence-corrected chi connectivity index (χ2v) is 10.5. The molecule has 8 nitrogen and oxygen atoms in total. The molecule has 3 fully saturated rings. The zero-order valence-electron chi connectivity index (χ0n) is 20.2. The van der Waals surface area contributed by atoms with Gasteiger partial charge in [0.05, 0.1) is 37.2 Å². The van der Waals surface area contributed by atoms with Crippen molar-refractivity contribution in [1.29, 1.82) is 0 Å². The van der Waals surface area contributed by atoms with Crippen LogP contribution in [0.3, 0.4) is 0 Å². The van der Waals surface area contributed by atoms with Crippen LogP contribution in [0.25, 0.3) is 0 Å². The van der Waals surface area contributed by atoms with E-state index in [2.05, 4.69) is 6.58 Å². The van der Waals surface area contributed by atoms with Crippen LogP contribution in [0.1, 0.15) is 54.4 Å². The van der Waals surface area contributed by atoms with E-state index in [4.69, 9.17) is 9.47 Å². The van der Waals surface area contributed by atoms with Crippen molar-refractivity contribution in [2.24, 2.45) is 17.8 Å². The molecule has 3 heterocycles. The minimum atomic E-state index is -1.09. The predicted octanol–water partition coefficient (Wildman–Crippen LogP) is 1.75. The lowest BCUT2D eigenvalue weighted by Crippen LogP contribution is -2.62. The van der Waals surface area contributed by atoms with Crippen molar-refractivity contribution < 1.29 is 29.0 Å². The molecule has 1 spiro atoms. The standard InChI is InChI=1S/C24H38N2O6/c1-8-12-25(23(5,6)7)21(29)19-24-11-10-16(32-24)17(22(30)31-9-2)18(24)20(28)26(19)15(13-27)14(3)4/h8,14-19,27H,1,9-13H2,2-7H3/t15-,16-,17+,18+,19-,24+/m0/s1. The molecule has 0 aromatic carbocycles. The Kier molecular flexibility index (Phi) is 6.78. The Bertz CT molecular complexity index is 775. The van der Waals surface area contributed by atoms with E-state index in [0.29, 0.717) is 19.4 Å². The highest BCUT2D eigenvalue weighted by Crippen LogP contribution is 2.59. The minimum Gasteiger partial charge on any atom is -0.466 e. The molecule has 0 aromatic heterocycles. The summed E-state index contributed by atoms with van der Waals surface area (Å²) in [5.41, 5.74) is -1.61. The lowest BCUT2D eigenvalue weighted by atomic mass is 9.70. The summed E-state index contributed by atoms with van der Waals surface area (Å²) in [6.45, 7) is 15.4. The molecule has 0 radical (unpaired) electrons. The van der Waals surface area contributed by atoms with Crippen LogP contribution >= 0.6 is 0 Å². The molecule has 0 aromatic rings. The Hall–Kier alpha value is -1.93. The van der Waals surface area contributed by atoms with Crippen molar-refractivity contribution in [2.75, 3.05) is 19.8 Å². The first-order valence-electron chi connectivity index (χ1n) is 11.7. The third kappa shape index (κ3) is 3.65. The van der Waals surface area contributed by atoms with Crippen LogP contribution in [0.5, 0.6) is 0 Å². The lowest BCUT2D eigenvalue weighted by molar-refractivity contribution is -0.158. The van der Waals surface area contributed by atoms with Crippen LogP contribution in [-0.2, 0) is 23.9 Å². The Morgan fingerprint density at radius 3 is 2.56 bits per heavy atom. The first-order valence-corrected chi connectivity index (χ1v) is 11.7. The van der Waals surface area contributed by atoms with Gasteiger partial charge in [-0.1, -0.05) is 19.9 Å². The van der Waals surface area contributed by atoms with Gasteiger partial charge in [-0.15, -0.1) is 6.58 Å². The summed E-state index contributed by atoms with van der Waals surface area (Å²) < 4.78 is 11.7. The van der Waals surface area contributed by atoms with E-state index in [9.17, 15) is 19.5 Å². The van der Waals surface area contributed by atoms with Crippen molar-refractivity contribution in [3.63, 3.8) is 0 Å². The fraction of sp³-hybridized carbons (Fsp3) is 0.792. The third-order valence-electron chi connectivity index (χ3n) is 7.23. The van der Waals surface area contributed by atoms with Gasteiger partial charge in [-0.2, -0.15) is 0 Å². The number of amides is 2. The van der Waals surface area contributed by atoms with Crippen molar-refractivity contribution >= 4 is 17.8 Å². The van der Waals surface area contributed by atoms with Crippen LogP contribution in [0.4, 0.5) is 0 Å². The van der Waals surface area contributed by atoms with Gasteiger partial charge in [0, 0.05) is 12.1 Å². The zero-order valence-corrected chi connectivity index (χ0v) is 20.2. The molecule has 2 bridgehead atoms. The average molecular weight is 451 g/mol. The van der Waals surface area contributed by atoms with Crippen LogP contribution in [0.15, 0.2) is 12.7 Å². The summed E-state index contributed by atoms with van der Waals surface area (Å²) in [4.78, 5) is 44.1. The molecule has 0 unspecified atom stereocenters. The number of fused-ring (bicyclic) bond motifs is 1. The van der Waals surface area contributed by atoms with E-state index in [1.807, 2.05) is 34.6 Å². The fourth-order valence-electron chi connectivity index (χ4n) is 5.83. The van der Waals surface area contributed by atoms with Crippen molar-refractivity contribution in [3.05, 3.63) is 12.7 Å². The lowest BCUT2D eigenvalue weighted by Gasteiger charge is -2.44. The molecule has 0 aliphatic carbocycles. The molecule has 180 valence electrons. The number of rotatable bonds is 8. The maximum atomic E-state index is 14.1. The normalized spacial score (nSPS) is 32.2. The van der Waals surface area contributed by atoms with Gasteiger partial charge in [-0.05, 0) is 46.5 Å². The van der Waals surface area contributed by atoms with Crippen LogP contribution < -0.4 is 0 Å². The molecule has 32 heavy (non-hydrogen) atoms. The van der Waals surface area contributed by atoms with Gasteiger partial charge in [-0.3, -0.25) is 14.4 Å². The van der Waals surface area contributed by atoms with Gasteiger partial charge in [0.25, 0.3) is 0 Å². The Balaban J connectivity index is 2.14. The molecule has 6 atom stereocenters. The highest BCUT2D eigenvalue weighted by molar-refractivity contribution is 5.98. The summed E-state index contributed by atoms with van der Waals surface area (Å²) in [5, 5.41) is 10.2. The number of nitrogens with zero attached hydrogens (tertiary/aromatic N) is 2. The molecule has 3 aliphatic heterocycles. The van der Waals surface area contributed by atoms with Gasteiger partial charge < -0.3 is 24.4 Å². The number of carbonyl (C=O) groups excluding carboxylic acids is 3. The quantitative estimate of drug-likeness (QED) is 0.447. The van der Waals surface area contributed by atoms with Crippen LogP contribution in [0, 0.1) is 17.8 Å². The van der Waals surface area contributed by atoms with E-state index in [-0.39, 0.29) is 30.9 Å². The first-order chi connectivity index (χ1) is 15.0. The summed E-state index contributed by atoms with van der Waals surface area (Å²) in [6.07, 6.45) is 2.33. The SMILES string of the molecule is C=CCN(C(=O)[C@@H]1N([C@@H](CO)C(C)C)C(=O)[C@H]2[C@H](C(=O)OCC)[C@@H]3CC[C@]12O3)C(C)(C)C. The smallest absolute Gasteiger partial charge is 0.312 e. The highest BCUT2D eigenvalue weighted by atomic mass is 16.6. The molecule has 1 N–H and O–H groups in total. The van der Waals surface area contributed by atoms with Gasteiger partial charge in [0.2, 0.25) is 11.8 Å². The maximum Gasteiger partial charge on any atom is 0.312 e. The average Bonchev–Trinajstić information content (AvgIpc) is 3.33. The molecule has 3 saturated heterocycles. The second kappa shape index (κ2) is 8.78. The summed E-state index contributed by atoms with van der Waals surface area (Å²) in [6, 6.07) is -1.48. The number of carbonyl (C=O) groups is 3. The Morgan fingerprint density at radius 1 is 1.41 bits per heavy atom. The fourth-order valence-corrected chi connectivity index (χ4v) is 5.83. The summed E-state index contributed by atoms with van der Waals surface area (Å²) in [7, 11) is 0. The number of likely N-dealkylation sites (tertiary alicyclic amines) is 1. The molecular formula is C24H38N2O6. The Labute approximate surface area is 190 Å². The largest absolute Gasteiger partial charge is 0.466 e. The molecule has 3 aliphatic rings. The van der Waals surface area contributed by atoms with E-state index in [0.717, 1.165) is 0 Å². The van der Waals surface area contributed by atoms with Crippen molar-refractivity contribution in [2.45, 2.75) is 83.7 Å². The Morgan fingerprint density at radius 2 is 2.06 bits per heavy atom. The van der Waals surface area contributed by atoms with Gasteiger partial charge in [0.15, 0.2) is 0 Å². The predicted molar refractivity (Wildman–Crippen MR) is 118 cm³/mol. The number of ether oxygens (including phenoxy) is 2. The number of aliphatic hydroxyl groups excluding tert-OH is 1. The van der Waals surface area contributed by atoms with Crippen molar-refractivity contribution in [1.82, 2.24) is 9.80 Å². The van der Waals surface area contributed by atoms with Crippen LogP contribution in [0.2, 0.25) is 0 Å². The molecule has 2 amide bonds. The van der Waals surface area contributed by atoms with Gasteiger partial charge >= 0.3 is 5.97 Å². The molecule has 8 heteroatoms. The first kappa shape index (κ1) is 24.7. The van der Waals surface area contributed by atoms with E-state index >= 15 is 0 Å². The molecule has 0 saturated carbocycles. The molecular weight excluding hydrogens is 412 g/mol. The number of hydrogen-bond donors (Lipinski definition) is 1. The topological polar surface area (TPSA) is 96.4 Å². The summed E-state index contributed by atoms with van der Waals surface area (Å²) >= 11 is 0. The summed E-state index contributed by atoms with van der Waals surface area (Å²) in [5.74, 6) is -2.59. The van der Waals surface area contributed by atoms with Gasteiger partial charge in [0.1, 0.15) is 11.6 Å². The number of aliphatic hydroxyl groups is 1. The van der Waals surface area contributed by atoms with Gasteiger partial charge in [-0.25, -0.2) is 0 Å². The minimum absolute atomic E-state index is 0.0878.